The van der Waals surface area contributed by atoms with Crippen LogP contribution in [0.1, 0.15) is 15.9 Å². The highest BCUT2D eigenvalue weighted by atomic mass is 35.5. The van der Waals surface area contributed by atoms with Gasteiger partial charge in [-0.3, -0.25) is 4.79 Å². The molecule has 4 nitrogen and oxygen atoms in total. The minimum Gasteiger partial charge on any atom is -0.493 e. The van der Waals surface area contributed by atoms with Gasteiger partial charge in [-0.25, -0.2) is 4.39 Å². The Morgan fingerprint density at radius 3 is 2.54 bits per heavy atom. The van der Waals surface area contributed by atoms with Crippen LogP contribution in [0.25, 0.3) is 0 Å². The molecule has 0 bridgehead atoms. The lowest BCUT2D eigenvalue weighted by atomic mass is 10.1. The molecule has 2 aromatic carbocycles. The van der Waals surface area contributed by atoms with Crippen LogP contribution >= 0.6 is 23.2 Å². The highest BCUT2D eigenvalue weighted by molar-refractivity contribution is 6.36. The lowest BCUT2D eigenvalue weighted by molar-refractivity contribution is -0.0512. The first-order valence-electron chi connectivity index (χ1n) is 7.36. The van der Waals surface area contributed by atoms with E-state index in [0.29, 0.717) is 6.42 Å². The molecule has 0 fully saturated rings. The standard InChI is InChI=1S/C17H14Cl2F3NO3/c1-25-15-6-9(2-3-14(15)26-17(21)22)4-5-23-16(24)10-7-13(20)12(19)8-11(10)18/h2-3,6-8,17H,4-5H2,1H3,(H,23,24). The Balaban J connectivity index is 1.99. The summed E-state index contributed by atoms with van der Waals surface area (Å²) in [5.74, 6) is -1.24. The van der Waals surface area contributed by atoms with Crippen LogP contribution in [-0.2, 0) is 6.42 Å². The van der Waals surface area contributed by atoms with Crippen molar-refractivity contribution in [3.05, 3.63) is 57.3 Å². The number of nitrogens with one attached hydrogen (secondary N) is 1. The Hall–Kier alpha value is -2.12. The molecule has 0 aliphatic carbocycles. The van der Waals surface area contributed by atoms with E-state index in [1.165, 1.54) is 19.2 Å². The van der Waals surface area contributed by atoms with Gasteiger partial charge in [0, 0.05) is 6.54 Å². The second-order valence-corrected chi connectivity index (χ2v) is 5.93. The van der Waals surface area contributed by atoms with E-state index in [2.05, 4.69) is 10.1 Å². The van der Waals surface area contributed by atoms with E-state index >= 15 is 0 Å². The Bertz CT molecular complexity index is 803. The highest BCUT2D eigenvalue weighted by Crippen LogP contribution is 2.29. The topological polar surface area (TPSA) is 47.6 Å². The van der Waals surface area contributed by atoms with Crippen molar-refractivity contribution in [2.45, 2.75) is 13.0 Å². The zero-order chi connectivity index (χ0) is 19.3. The molecule has 0 unspecified atom stereocenters. The van der Waals surface area contributed by atoms with Gasteiger partial charge in [-0.1, -0.05) is 29.3 Å². The third-order valence-electron chi connectivity index (χ3n) is 3.40. The monoisotopic (exact) mass is 407 g/mol. The first-order valence-corrected chi connectivity index (χ1v) is 8.12. The maximum absolute atomic E-state index is 13.5. The van der Waals surface area contributed by atoms with Crippen molar-refractivity contribution in [3.8, 4) is 11.5 Å². The Morgan fingerprint density at radius 1 is 1.15 bits per heavy atom. The van der Waals surface area contributed by atoms with E-state index < -0.39 is 18.3 Å². The number of halogens is 5. The summed E-state index contributed by atoms with van der Waals surface area (Å²) in [5.41, 5.74) is 0.684. The van der Waals surface area contributed by atoms with E-state index in [9.17, 15) is 18.0 Å². The molecule has 26 heavy (non-hydrogen) atoms. The van der Waals surface area contributed by atoms with Crippen molar-refractivity contribution in [2.24, 2.45) is 0 Å². The fourth-order valence-electron chi connectivity index (χ4n) is 2.17. The molecule has 0 aliphatic heterocycles. The van der Waals surface area contributed by atoms with Crippen molar-refractivity contribution < 1.29 is 27.4 Å². The maximum atomic E-state index is 13.5. The molecule has 0 heterocycles. The quantitative estimate of drug-likeness (QED) is 0.675. The summed E-state index contributed by atoms with van der Waals surface area (Å²) in [6.45, 7) is -2.75. The number of hydrogen-bond acceptors (Lipinski definition) is 3. The van der Waals surface area contributed by atoms with Gasteiger partial charge in [0.2, 0.25) is 0 Å². The number of amides is 1. The van der Waals surface area contributed by atoms with Crippen LogP contribution in [0.15, 0.2) is 30.3 Å². The smallest absolute Gasteiger partial charge is 0.387 e. The molecule has 0 radical (unpaired) electrons. The third kappa shape index (κ3) is 5.19. The van der Waals surface area contributed by atoms with E-state index in [1.54, 1.807) is 6.07 Å². The SMILES string of the molecule is COc1cc(CCNC(=O)c2cc(F)c(Cl)cc2Cl)ccc1OC(F)F. The van der Waals surface area contributed by atoms with Crippen molar-refractivity contribution >= 4 is 29.1 Å². The Labute approximate surface area is 157 Å². The summed E-state index contributed by atoms with van der Waals surface area (Å²) in [6, 6.07) is 6.56. The van der Waals surface area contributed by atoms with Crippen LogP contribution in [-0.4, -0.2) is 26.2 Å². The van der Waals surface area contributed by atoms with Gasteiger partial charge in [-0.05, 0) is 36.2 Å². The van der Waals surface area contributed by atoms with Crippen LogP contribution in [0.3, 0.4) is 0 Å². The molecule has 9 heteroatoms. The molecule has 0 saturated heterocycles. The predicted molar refractivity (Wildman–Crippen MR) is 92.1 cm³/mol. The molecule has 1 N–H and O–H groups in total. The average molecular weight is 408 g/mol. The van der Waals surface area contributed by atoms with Gasteiger partial charge in [0.1, 0.15) is 5.82 Å². The van der Waals surface area contributed by atoms with Crippen LogP contribution < -0.4 is 14.8 Å². The van der Waals surface area contributed by atoms with Crippen LogP contribution in [0.4, 0.5) is 13.2 Å². The minimum absolute atomic E-state index is 0.0315. The fraction of sp³-hybridized carbons (Fsp3) is 0.235. The molecule has 0 saturated carbocycles. The first kappa shape index (κ1) is 20.2. The Morgan fingerprint density at radius 2 is 1.88 bits per heavy atom. The van der Waals surface area contributed by atoms with Crippen molar-refractivity contribution in [1.82, 2.24) is 5.32 Å². The number of rotatable bonds is 7. The van der Waals surface area contributed by atoms with E-state index in [0.717, 1.165) is 17.7 Å². The fourth-order valence-corrected chi connectivity index (χ4v) is 2.64. The van der Waals surface area contributed by atoms with Crippen LogP contribution in [0, 0.1) is 5.82 Å². The maximum Gasteiger partial charge on any atom is 0.387 e. The molecule has 0 spiro atoms. The van der Waals surface area contributed by atoms with E-state index in [4.69, 9.17) is 27.9 Å². The minimum atomic E-state index is -2.96. The molecular formula is C17H14Cl2F3NO3. The normalized spacial score (nSPS) is 10.7. The predicted octanol–water partition coefficient (Wildman–Crippen LogP) is 4.72. The summed E-state index contributed by atoms with van der Waals surface area (Å²) in [7, 11) is 1.33. The zero-order valence-corrected chi connectivity index (χ0v) is 15.0. The van der Waals surface area contributed by atoms with Crippen LogP contribution in [0.5, 0.6) is 11.5 Å². The molecule has 0 aromatic heterocycles. The van der Waals surface area contributed by atoms with Gasteiger partial charge >= 0.3 is 6.61 Å². The van der Waals surface area contributed by atoms with Gasteiger partial charge in [0.25, 0.3) is 5.91 Å². The number of methoxy groups -OCH3 is 1. The van der Waals surface area contributed by atoms with Crippen LogP contribution in [0.2, 0.25) is 10.0 Å². The lowest BCUT2D eigenvalue weighted by Gasteiger charge is -2.12. The second kappa shape index (κ2) is 9.00. The number of carbonyl (C=O) groups excluding carboxylic acids is 1. The zero-order valence-electron chi connectivity index (χ0n) is 13.5. The number of carbonyl (C=O) groups is 1. The number of ether oxygens (including phenoxy) is 2. The molecule has 1 amide bonds. The highest BCUT2D eigenvalue weighted by Gasteiger charge is 2.14. The largest absolute Gasteiger partial charge is 0.493 e. The second-order valence-electron chi connectivity index (χ2n) is 5.12. The first-order chi connectivity index (χ1) is 12.3. The summed E-state index contributed by atoms with van der Waals surface area (Å²) < 4.78 is 47.4. The van der Waals surface area contributed by atoms with Crippen molar-refractivity contribution in [1.29, 1.82) is 0 Å². The molecule has 140 valence electrons. The van der Waals surface area contributed by atoms with E-state index in [1.807, 2.05) is 0 Å². The molecule has 0 atom stereocenters. The van der Waals surface area contributed by atoms with Gasteiger partial charge in [0.05, 0.1) is 22.7 Å². The van der Waals surface area contributed by atoms with Gasteiger partial charge in [0.15, 0.2) is 11.5 Å². The molecular weight excluding hydrogens is 394 g/mol. The summed E-state index contributed by atoms with van der Waals surface area (Å²) in [5, 5.41) is 2.45. The van der Waals surface area contributed by atoms with Crippen molar-refractivity contribution in [3.63, 3.8) is 0 Å². The summed E-state index contributed by atoms with van der Waals surface area (Å²) in [6.07, 6.45) is 0.380. The lowest BCUT2D eigenvalue weighted by Crippen LogP contribution is -2.26. The number of alkyl halides is 2. The van der Waals surface area contributed by atoms with Gasteiger partial charge < -0.3 is 14.8 Å². The third-order valence-corrected chi connectivity index (χ3v) is 4.00. The summed E-state index contributed by atoms with van der Waals surface area (Å²) in [4.78, 5) is 12.1. The summed E-state index contributed by atoms with van der Waals surface area (Å²) >= 11 is 11.5. The molecule has 2 aromatic rings. The average Bonchev–Trinajstić information content (AvgIpc) is 2.58. The number of hydrogen-bond donors (Lipinski definition) is 1. The Kier molecular flexibility index (Phi) is 6.99. The van der Waals surface area contributed by atoms with Gasteiger partial charge in [-0.2, -0.15) is 8.78 Å². The number of benzene rings is 2. The van der Waals surface area contributed by atoms with Gasteiger partial charge in [-0.15, -0.1) is 0 Å². The molecule has 2 rings (SSSR count). The van der Waals surface area contributed by atoms with E-state index in [-0.39, 0.29) is 33.7 Å². The van der Waals surface area contributed by atoms with Crippen molar-refractivity contribution in [2.75, 3.05) is 13.7 Å². The molecule has 0 aliphatic rings.